The van der Waals surface area contributed by atoms with Gasteiger partial charge in [-0.1, -0.05) is 24.3 Å². The lowest BCUT2D eigenvalue weighted by Crippen LogP contribution is -2.53. The number of nitrogens with zero attached hydrogens (tertiary/aromatic N) is 1. The Morgan fingerprint density at radius 1 is 1.37 bits per heavy atom. The van der Waals surface area contributed by atoms with Crippen LogP contribution in [-0.2, 0) is 11.2 Å². The zero-order valence-electron chi connectivity index (χ0n) is 12.3. The number of rotatable bonds is 4. The number of aryl methyl sites for hydroxylation is 1. The maximum Gasteiger partial charge on any atom is 0.0856 e. The Bertz CT molecular complexity index is 405. The van der Waals surface area contributed by atoms with E-state index in [1.165, 1.54) is 11.1 Å². The molecule has 0 aromatic heterocycles. The average Bonchev–Trinajstić information content (AvgIpc) is 2.41. The van der Waals surface area contributed by atoms with Crippen molar-refractivity contribution >= 4 is 0 Å². The third kappa shape index (κ3) is 3.78. The van der Waals surface area contributed by atoms with Crippen molar-refractivity contribution in [1.82, 2.24) is 4.90 Å². The molecular weight excluding hydrogens is 236 g/mol. The van der Waals surface area contributed by atoms with Crippen molar-refractivity contribution in [1.29, 1.82) is 0 Å². The highest BCUT2D eigenvalue weighted by atomic mass is 16.5. The Balaban J connectivity index is 1.96. The highest BCUT2D eigenvalue weighted by molar-refractivity contribution is 5.26. The first-order valence-electron chi connectivity index (χ1n) is 7.23. The van der Waals surface area contributed by atoms with Crippen molar-refractivity contribution in [3.8, 4) is 0 Å². The van der Waals surface area contributed by atoms with Crippen LogP contribution in [0.5, 0.6) is 0 Å². The molecule has 2 unspecified atom stereocenters. The molecule has 2 rings (SSSR count). The Labute approximate surface area is 116 Å². The van der Waals surface area contributed by atoms with E-state index in [0.717, 1.165) is 26.1 Å². The predicted molar refractivity (Wildman–Crippen MR) is 79.3 cm³/mol. The van der Waals surface area contributed by atoms with Gasteiger partial charge in [-0.15, -0.1) is 0 Å². The first kappa shape index (κ1) is 14.5. The van der Waals surface area contributed by atoms with Crippen molar-refractivity contribution in [3.05, 3.63) is 35.4 Å². The van der Waals surface area contributed by atoms with Gasteiger partial charge in [-0.05, 0) is 38.3 Å². The number of morpholine rings is 1. The molecule has 3 nitrogen and oxygen atoms in total. The second-order valence-corrected chi connectivity index (χ2v) is 5.79. The molecule has 19 heavy (non-hydrogen) atoms. The molecular formula is C16H26N2O. The Kier molecular flexibility index (Phi) is 4.97. The fraction of sp³-hybridized carbons (Fsp3) is 0.625. The average molecular weight is 262 g/mol. The number of benzene rings is 1. The maximum absolute atomic E-state index is 6.36. The second-order valence-electron chi connectivity index (χ2n) is 5.79. The molecule has 0 bridgehead atoms. The summed E-state index contributed by atoms with van der Waals surface area (Å²) in [5, 5.41) is 0. The lowest BCUT2D eigenvalue weighted by Gasteiger charge is -2.38. The predicted octanol–water partition coefficient (Wildman–Crippen LogP) is 1.97. The van der Waals surface area contributed by atoms with Crippen molar-refractivity contribution in [2.75, 3.05) is 19.7 Å². The lowest BCUT2D eigenvalue weighted by atomic mass is 9.97. The lowest BCUT2D eigenvalue weighted by molar-refractivity contribution is -0.0495. The standard InChI is InChI=1S/C16H26N2O/c1-12(2)18-8-9-19-16(11-18)15(17)10-14-7-5-4-6-13(14)3/h4-7,12,15-16H,8-11,17H2,1-3H3. The minimum atomic E-state index is 0.0719. The third-order valence-electron chi connectivity index (χ3n) is 4.05. The van der Waals surface area contributed by atoms with Gasteiger partial charge in [0.15, 0.2) is 0 Å². The smallest absolute Gasteiger partial charge is 0.0856 e. The highest BCUT2D eigenvalue weighted by Gasteiger charge is 2.27. The summed E-state index contributed by atoms with van der Waals surface area (Å²) < 4.78 is 5.87. The van der Waals surface area contributed by atoms with Crippen LogP contribution in [0.2, 0.25) is 0 Å². The van der Waals surface area contributed by atoms with Crippen LogP contribution in [0, 0.1) is 6.92 Å². The van der Waals surface area contributed by atoms with E-state index in [0.29, 0.717) is 6.04 Å². The van der Waals surface area contributed by atoms with Gasteiger partial charge in [0.25, 0.3) is 0 Å². The van der Waals surface area contributed by atoms with Crippen molar-refractivity contribution < 1.29 is 4.74 Å². The maximum atomic E-state index is 6.36. The largest absolute Gasteiger partial charge is 0.374 e. The van der Waals surface area contributed by atoms with Gasteiger partial charge in [-0.25, -0.2) is 0 Å². The molecule has 2 N–H and O–H groups in total. The summed E-state index contributed by atoms with van der Waals surface area (Å²) in [4.78, 5) is 2.45. The SMILES string of the molecule is Cc1ccccc1CC(N)C1CN(C(C)C)CCO1. The van der Waals surface area contributed by atoms with Crippen LogP contribution >= 0.6 is 0 Å². The topological polar surface area (TPSA) is 38.5 Å². The van der Waals surface area contributed by atoms with Gasteiger partial charge in [0.2, 0.25) is 0 Å². The molecule has 1 aliphatic rings. The van der Waals surface area contributed by atoms with E-state index in [4.69, 9.17) is 10.5 Å². The summed E-state index contributed by atoms with van der Waals surface area (Å²) >= 11 is 0. The highest BCUT2D eigenvalue weighted by Crippen LogP contribution is 2.15. The van der Waals surface area contributed by atoms with Gasteiger partial charge in [-0.2, -0.15) is 0 Å². The van der Waals surface area contributed by atoms with Gasteiger partial charge < -0.3 is 10.5 Å². The minimum absolute atomic E-state index is 0.0719. The first-order valence-corrected chi connectivity index (χ1v) is 7.23. The number of hydrogen-bond acceptors (Lipinski definition) is 3. The number of hydrogen-bond donors (Lipinski definition) is 1. The molecule has 0 saturated carbocycles. The van der Waals surface area contributed by atoms with E-state index in [9.17, 15) is 0 Å². The molecule has 1 aliphatic heterocycles. The Hall–Kier alpha value is -0.900. The summed E-state index contributed by atoms with van der Waals surface area (Å²) in [7, 11) is 0. The van der Waals surface area contributed by atoms with E-state index >= 15 is 0 Å². The number of ether oxygens (including phenoxy) is 1. The quantitative estimate of drug-likeness (QED) is 0.901. The van der Waals surface area contributed by atoms with Crippen LogP contribution in [-0.4, -0.2) is 42.8 Å². The zero-order valence-corrected chi connectivity index (χ0v) is 12.3. The Morgan fingerprint density at radius 3 is 2.79 bits per heavy atom. The van der Waals surface area contributed by atoms with Crippen molar-refractivity contribution in [2.24, 2.45) is 5.73 Å². The van der Waals surface area contributed by atoms with Crippen LogP contribution in [0.1, 0.15) is 25.0 Å². The molecule has 1 fully saturated rings. The monoisotopic (exact) mass is 262 g/mol. The second kappa shape index (κ2) is 6.51. The van der Waals surface area contributed by atoms with Gasteiger partial charge >= 0.3 is 0 Å². The van der Waals surface area contributed by atoms with E-state index in [-0.39, 0.29) is 12.1 Å². The van der Waals surface area contributed by atoms with Crippen LogP contribution in [0.15, 0.2) is 24.3 Å². The molecule has 0 amide bonds. The van der Waals surface area contributed by atoms with Gasteiger partial charge in [-0.3, -0.25) is 4.90 Å². The van der Waals surface area contributed by atoms with Gasteiger partial charge in [0.1, 0.15) is 0 Å². The van der Waals surface area contributed by atoms with Crippen molar-refractivity contribution in [3.63, 3.8) is 0 Å². The number of nitrogens with two attached hydrogens (primary N) is 1. The molecule has 1 aromatic rings. The van der Waals surface area contributed by atoms with Crippen LogP contribution in [0.4, 0.5) is 0 Å². The molecule has 1 saturated heterocycles. The van der Waals surface area contributed by atoms with Crippen molar-refractivity contribution in [2.45, 2.75) is 45.4 Å². The fourth-order valence-corrected chi connectivity index (χ4v) is 2.65. The first-order chi connectivity index (χ1) is 9.08. The normalized spacial score (nSPS) is 22.7. The summed E-state index contributed by atoms with van der Waals surface area (Å²) in [6.45, 7) is 9.37. The molecule has 2 atom stereocenters. The molecule has 3 heteroatoms. The molecule has 0 spiro atoms. The summed E-state index contributed by atoms with van der Waals surface area (Å²) in [5.74, 6) is 0. The third-order valence-corrected chi connectivity index (χ3v) is 4.05. The molecule has 1 aromatic carbocycles. The van der Waals surface area contributed by atoms with E-state index < -0.39 is 0 Å². The van der Waals surface area contributed by atoms with E-state index in [2.05, 4.69) is 49.9 Å². The van der Waals surface area contributed by atoms with Crippen LogP contribution in [0.3, 0.4) is 0 Å². The van der Waals surface area contributed by atoms with Gasteiger partial charge in [0, 0.05) is 25.2 Å². The molecule has 1 heterocycles. The Morgan fingerprint density at radius 2 is 2.11 bits per heavy atom. The molecule has 0 aliphatic carbocycles. The summed E-state index contributed by atoms with van der Waals surface area (Å²) in [6.07, 6.45) is 1.04. The molecule has 106 valence electrons. The van der Waals surface area contributed by atoms with Crippen LogP contribution < -0.4 is 5.73 Å². The zero-order chi connectivity index (χ0) is 13.8. The minimum Gasteiger partial charge on any atom is -0.374 e. The summed E-state index contributed by atoms with van der Waals surface area (Å²) in [6, 6.07) is 9.10. The van der Waals surface area contributed by atoms with Gasteiger partial charge in [0.05, 0.1) is 12.7 Å². The fourth-order valence-electron chi connectivity index (χ4n) is 2.65. The molecule has 0 radical (unpaired) electrons. The van der Waals surface area contributed by atoms with E-state index in [1.54, 1.807) is 0 Å². The van der Waals surface area contributed by atoms with Crippen LogP contribution in [0.25, 0.3) is 0 Å². The summed E-state index contributed by atoms with van der Waals surface area (Å²) in [5.41, 5.74) is 9.01. The van der Waals surface area contributed by atoms with E-state index in [1.807, 2.05) is 0 Å².